The van der Waals surface area contributed by atoms with E-state index in [0.717, 1.165) is 22.5 Å². The van der Waals surface area contributed by atoms with Crippen molar-refractivity contribution in [2.45, 2.75) is 65.8 Å². The van der Waals surface area contributed by atoms with Crippen LogP contribution in [0.1, 0.15) is 64.0 Å². The molecule has 10 heteroatoms. The number of hydrogen-bond donors (Lipinski definition) is 1. The molecule has 43 heavy (non-hydrogen) atoms. The molecule has 2 heterocycles. The van der Waals surface area contributed by atoms with Crippen molar-refractivity contribution >= 4 is 23.2 Å². The Morgan fingerprint density at radius 2 is 1.72 bits per heavy atom. The van der Waals surface area contributed by atoms with Gasteiger partial charge in [-0.15, -0.1) is 13.2 Å². The minimum Gasteiger partial charge on any atom is -0.406 e. The smallest absolute Gasteiger partial charge is 0.406 e. The maximum atomic E-state index is 15.3. The highest BCUT2D eigenvalue weighted by molar-refractivity contribution is 6.31. The number of carbonyl (C=O) groups is 1. The Labute approximate surface area is 255 Å². The third kappa shape index (κ3) is 8.22. The summed E-state index contributed by atoms with van der Waals surface area (Å²) >= 11 is 6.28. The summed E-state index contributed by atoms with van der Waals surface area (Å²) in [6.45, 7) is 9.29. The number of halogens is 5. The first-order valence-electron chi connectivity index (χ1n) is 14.3. The molecule has 0 spiro atoms. The highest BCUT2D eigenvalue weighted by Gasteiger charge is 2.31. The second kappa shape index (κ2) is 13.7. The van der Waals surface area contributed by atoms with E-state index in [2.05, 4.69) is 15.0 Å². The van der Waals surface area contributed by atoms with Crippen LogP contribution in [0.2, 0.25) is 0 Å². The van der Waals surface area contributed by atoms with E-state index in [0.29, 0.717) is 54.2 Å². The second-order valence-corrected chi connectivity index (χ2v) is 11.4. The average molecular weight is 618 g/mol. The highest BCUT2D eigenvalue weighted by Crippen LogP contribution is 2.34. The predicted octanol–water partition coefficient (Wildman–Crippen LogP) is 8.65. The SMILES string of the molecule is CC/C(C)=C(\C(=O)NCc1ccc(C2CCN(c3ccc(OC(F)(F)F)cc3)CC2)c(F)c1)N1C=C(Cl)C=CC1=C(C)C. The van der Waals surface area contributed by atoms with Crippen molar-refractivity contribution in [1.29, 1.82) is 0 Å². The molecule has 0 aliphatic carbocycles. The van der Waals surface area contributed by atoms with Crippen molar-refractivity contribution in [1.82, 2.24) is 10.2 Å². The molecule has 0 unspecified atom stereocenters. The first kappa shape index (κ1) is 32.2. The molecule has 1 amide bonds. The molecule has 5 nitrogen and oxygen atoms in total. The molecule has 2 aliphatic rings. The molecule has 1 N–H and O–H groups in total. The number of nitrogens with one attached hydrogen (secondary N) is 1. The number of piperidine rings is 1. The third-order valence-corrected chi connectivity index (χ3v) is 7.93. The van der Waals surface area contributed by atoms with Crippen LogP contribution in [0.15, 0.2) is 88.4 Å². The van der Waals surface area contributed by atoms with Gasteiger partial charge in [0.2, 0.25) is 0 Å². The first-order chi connectivity index (χ1) is 20.4. The number of ether oxygens (including phenoxy) is 1. The molecule has 0 aromatic heterocycles. The standard InChI is InChI=1S/C33H36ClF4N3O2/c1-5-22(4)31(41-20-25(34)7-13-30(41)21(2)3)32(42)39-19-23-6-12-28(29(35)18-23)24-14-16-40(17-15-24)26-8-10-27(11-9-26)43-33(36,37)38/h6-13,18,20,24H,5,14-17,19H2,1-4H3,(H,39,42)/b31-22+. The van der Waals surface area contributed by atoms with Gasteiger partial charge in [0.1, 0.15) is 17.3 Å². The van der Waals surface area contributed by atoms with Crippen LogP contribution in [0.3, 0.4) is 0 Å². The van der Waals surface area contributed by atoms with Crippen molar-refractivity contribution in [3.05, 3.63) is 105 Å². The summed E-state index contributed by atoms with van der Waals surface area (Å²) in [6, 6.07) is 10.9. The van der Waals surface area contributed by atoms with Gasteiger partial charge in [0.05, 0.1) is 5.03 Å². The minimum absolute atomic E-state index is 0.0145. The summed E-state index contributed by atoms with van der Waals surface area (Å²) in [4.78, 5) is 17.3. The summed E-state index contributed by atoms with van der Waals surface area (Å²) < 4.78 is 56.5. The molecule has 0 atom stereocenters. The van der Waals surface area contributed by atoms with E-state index < -0.39 is 6.36 Å². The largest absolute Gasteiger partial charge is 0.573 e. The highest BCUT2D eigenvalue weighted by atomic mass is 35.5. The molecule has 230 valence electrons. The van der Waals surface area contributed by atoms with Crippen LogP contribution in [0.25, 0.3) is 0 Å². The monoisotopic (exact) mass is 617 g/mol. The van der Waals surface area contributed by atoms with Gasteiger partial charge < -0.3 is 19.9 Å². The summed E-state index contributed by atoms with van der Waals surface area (Å²) in [5.74, 6) is -0.841. The van der Waals surface area contributed by atoms with Crippen molar-refractivity contribution in [2.24, 2.45) is 0 Å². The van der Waals surface area contributed by atoms with E-state index in [4.69, 9.17) is 11.6 Å². The van der Waals surface area contributed by atoms with Crippen LogP contribution in [0, 0.1) is 5.82 Å². The Morgan fingerprint density at radius 1 is 1.05 bits per heavy atom. The maximum absolute atomic E-state index is 15.3. The van der Waals surface area contributed by atoms with Crippen LogP contribution >= 0.6 is 11.6 Å². The van der Waals surface area contributed by atoms with Crippen molar-refractivity contribution < 1.29 is 27.1 Å². The lowest BCUT2D eigenvalue weighted by Gasteiger charge is -2.34. The lowest BCUT2D eigenvalue weighted by Crippen LogP contribution is -2.34. The van der Waals surface area contributed by atoms with Gasteiger partial charge in [-0.3, -0.25) is 4.79 Å². The summed E-state index contributed by atoms with van der Waals surface area (Å²) in [7, 11) is 0. The Balaban J connectivity index is 1.38. The van der Waals surface area contributed by atoms with Gasteiger partial charge >= 0.3 is 6.36 Å². The minimum atomic E-state index is -4.73. The number of hydrogen-bond acceptors (Lipinski definition) is 4. The van der Waals surface area contributed by atoms with Gasteiger partial charge in [-0.25, -0.2) is 4.39 Å². The van der Waals surface area contributed by atoms with Crippen molar-refractivity contribution in [3.8, 4) is 5.75 Å². The number of alkyl halides is 3. The number of anilines is 1. The predicted molar refractivity (Wildman–Crippen MR) is 162 cm³/mol. The van der Waals surface area contributed by atoms with Crippen LogP contribution < -0.4 is 15.0 Å². The van der Waals surface area contributed by atoms with Gasteiger partial charge in [0, 0.05) is 37.2 Å². The quantitative estimate of drug-likeness (QED) is 0.238. The number of amides is 1. The summed E-state index contributed by atoms with van der Waals surface area (Å²) in [6.07, 6.45) is 2.75. The third-order valence-electron chi connectivity index (χ3n) is 7.70. The zero-order valence-electron chi connectivity index (χ0n) is 24.7. The summed E-state index contributed by atoms with van der Waals surface area (Å²) in [5, 5.41) is 3.46. The van der Waals surface area contributed by atoms with Gasteiger partial charge in [0.25, 0.3) is 5.91 Å². The Hall–Kier alpha value is -3.72. The fourth-order valence-electron chi connectivity index (χ4n) is 5.33. The van der Waals surface area contributed by atoms with Crippen LogP contribution in [-0.2, 0) is 11.3 Å². The molecular weight excluding hydrogens is 582 g/mol. The van der Waals surface area contributed by atoms with E-state index in [1.54, 1.807) is 30.5 Å². The lowest BCUT2D eigenvalue weighted by atomic mass is 9.88. The summed E-state index contributed by atoms with van der Waals surface area (Å²) in [5.41, 5.74) is 5.36. The zero-order chi connectivity index (χ0) is 31.3. The molecule has 2 aromatic rings. The number of benzene rings is 2. The number of allylic oxidation sites excluding steroid dienone is 5. The number of rotatable bonds is 8. The Bertz CT molecular complexity index is 1450. The van der Waals surface area contributed by atoms with E-state index in [-0.39, 0.29) is 29.9 Å². The van der Waals surface area contributed by atoms with Gasteiger partial charge in [-0.2, -0.15) is 0 Å². The average Bonchev–Trinajstić information content (AvgIpc) is 2.96. The molecule has 2 aliphatic heterocycles. The second-order valence-electron chi connectivity index (χ2n) is 10.9. The zero-order valence-corrected chi connectivity index (χ0v) is 25.5. The van der Waals surface area contributed by atoms with E-state index >= 15 is 4.39 Å². The molecule has 4 rings (SSSR count). The fraction of sp³-hybridized carbons (Fsp3) is 0.364. The topological polar surface area (TPSA) is 44.8 Å². The Morgan fingerprint density at radius 3 is 2.30 bits per heavy atom. The van der Waals surface area contributed by atoms with Crippen LogP contribution in [0.5, 0.6) is 5.75 Å². The molecule has 1 saturated heterocycles. The van der Waals surface area contributed by atoms with Gasteiger partial charge in [-0.05, 0) is 105 Å². The molecular formula is C33H36ClF4N3O2. The lowest BCUT2D eigenvalue weighted by molar-refractivity contribution is -0.274. The van der Waals surface area contributed by atoms with Crippen molar-refractivity contribution in [2.75, 3.05) is 18.0 Å². The number of carbonyl (C=O) groups excluding carboxylic acids is 1. The van der Waals surface area contributed by atoms with E-state index in [1.165, 1.54) is 18.2 Å². The number of nitrogens with zero attached hydrogens (tertiary/aromatic N) is 2. The van der Waals surface area contributed by atoms with Crippen molar-refractivity contribution in [3.63, 3.8) is 0 Å². The van der Waals surface area contributed by atoms with Gasteiger partial charge in [-0.1, -0.05) is 36.2 Å². The molecule has 0 bridgehead atoms. The molecule has 1 fully saturated rings. The van der Waals surface area contributed by atoms with E-state index in [1.807, 2.05) is 44.7 Å². The van der Waals surface area contributed by atoms with Crippen LogP contribution in [-0.4, -0.2) is 30.3 Å². The molecule has 0 saturated carbocycles. The normalized spacial score (nSPS) is 16.6. The fourth-order valence-corrected chi connectivity index (χ4v) is 5.49. The molecule has 0 radical (unpaired) electrons. The first-order valence-corrected chi connectivity index (χ1v) is 14.6. The van der Waals surface area contributed by atoms with Gasteiger partial charge in [0.15, 0.2) is 0 Å². The van der Waals surface area contributed by atoms with Crippen LogP contribution in [0.4, 0.5) is 23.2 Å². The van der Waals surface area contributed by atoms with E-state index in [9.17, 15) is 18.0 Å². The Kier molecular flexibility index (Phi) is 10.3. The maximum Gasteiger partial charge on any atom is 0.573 e. The molecule has 2 aromatic carbocycles.